The molecule has 0 aromatic carbocycles. The van der Waals surface area contributed by atoms with E-state index in [2.05, 4.69) is 38.8 Å². The second kappa shape index (κ2) is 5.48. The first kappa shape index (κ1) is 14.6. The Morgan fingerprint density at radius 3 is 2.60 bits per heavy atom. The summed E-state index contributed by atoms with van der Waals surface area (Å²) in [6, 6.07) is 0. The minimum Gasteiger partial charge on any atom is -0.122 e. The van der Waals surface area contributed by atoms with Gasteiger partial charge in [-0.15, -0.1) is 23.2 Å². The van der Waals surface area contributed by atoms with Crippen LogP contribution in [0, 0.1) is 5.41 Å². The average Bonchev–Trinajstić information content (AvgIpc) is 2.15. The summed E-state index contributed by atoms with van der Waals surface area (Å²) in [6.45, 7) is 2.10. The van der Waals surface area contributed by atoms with Crippen molar-refractivity contribution in [3.05, 3.63) is 11.6 Å². The molecule has 4 atom stereocenters. The number of hydrogen-bond donors (Lipinski definition) is 0. The highest BCUT2D eigenvalue weighted by Crippen LogP contribution is 2.51. The van der Waals surface area contributed by atoms with Crippen LogP contribution in [0.4, 0.5) is 0 Å². The molecule has 0 aliphatic heterocycles. The first-order valence-electron chi connectivity index (χ1n) is 4.69. The van der Waals surface area contributed by atoms with Crippen LogP contribution in [0.2, 0.25) is 0 Å². The lowest BCUT2D eigenvalue weighted by Gasteiger charge is -2.46. The van der Waals surface area contributed by atoms with Crippen LogP contribution in [0.5, 0.6) is 0 Å². The van der Waals surface area contributed by atoms with E-state index in [0.29, 0.717) is 0 Å². The highest BCUT2D eigenvalue weighted by Gasteiger charge is 2.49. The topological polar surface area (TPSA) is 0 Å². The molecule has 5 heteroatoms. The van der Waals surface area contributed by atoms with E-state index >= 15 is 0 Å². The first-order valence-corrected chi connectivity index (χ1v) is 7.98. The average molecular weight is 399 g/mol. The minimum absolute atomic E-state index is 0.0581. The molecule has 88 valence electrons. The molecule has 0 aromatic heterocycles. The molecule has 0 radical (unpaired) electrons. The van der Waals surface area contributed by atoms with Crippen molar-refractivity contribution in [1.29, 1.82) is 0 Å². The maximum absolute atomic E-state index is 6.57. The molecule has 0 unspecified atom stereocenters. The van der Waals surface area contributed by atoms with E-state index in [4.69, 9.17) is 34.8 Å². The maximum atomic E-state index is 6.57. The first-order chi connectivity index (χ1) is 6.88. The van der Waals surface area contributed by atoms with Crippen LogP contribution in [0.3, 0.4) is 0 Å². The molecule has 0 nitrogen and oxygen atoms in total. The zero-order valence-electron chi connectivity index (χ0n) is 8.32. The van der Waals surface area contributed by atoms with Crippen LogP contribution in [0.1, 0.15) is 19.8 Å². The zero-order valence-corrected chi connectivity index (χ0v) is 13.8. The summed E-state index contributed by atoms with van der Waals surface area (Å²) in [4.78, 5) is -0.0679. The molecule has 0 spiro atoms. The van der Waals surface area contributed by atoms with Gasteiger partial charge in [0.2, 0.25) is 0 Å². The van der Waals surface area contributed by atoms with Crippen LogP contribution in [0.25, 0.3) is 0 Å². The maximum Gasteiger partial charge on any atom is 0.0676 e. The fourth-order valence-corrected chi connectivity index (χ4v) is 4.88. The van der Waals surface area contributed by atoms with Crippen molar-refractivity contribution in [3.63, 3.8) is 0 Å². The fraction of sp³-hybridized carbons (Fsp3) is 0.800. The van der Waals surface area contributed by atoms with Crippen LogP contribution in [-0.4, -0.2) is 20.4 Å². The van der Waals surface area contributed by atoms with Gasteiger partial charge in [-0.2, -0.15) is 0 Å². The number of halogens is 5. The van der Waals surface area contributed by atoms with Gasteiger partial charge in [0.15, 0.2) is 0 Å². The molecule has 15 heavy (non-hydrogen) atoms. The van der Waals surface area contributed by atoms with Crippen molar-refractivity contribution < 1.29 is 0 Å². The third-order valence-electron chi connectivity index (χ3n) is 3.03. The summed E-state index contributed by atoms with van der Waals surface area (Å²) in [7, 11) is 0. The van der Waals surface area contributed by atoms with Crippen LogP contribution < -0.4 is 0 Å². The Hall–Kier alpha value is 1.57. The van der Waals surface area contributed by atoms with Gasteiger partial charge in [0.25, 0.3) is 0 Å². The highest BCUT2D eigenvalue weighted by atomic mass is 79.9. The molecule has 0 bridgehead atoms. The number of hydrogen-bond acceptors (Lipinski definition) is 0. The minimum atomic E-state index is -0.295. The normalized spacial score (nSPS) is 47.3. The number of alkyl halides is 4. The van der Waals surface area contributed by atoms with E-state index in [1.807, 2.05) is 6.08 Å². The molecule has 0 N–H and O–H groups in total. The van der Waals surface area contributed by atoms with Gasteiger partial charge in [0.05, 0.1) is 4.87 Å². The van der Waals surface area contributed by atoms with Crippen LogP contribution in [0.15, 0.2) is 11.6 Å². The summed E-state index contributed by atoms with van der Waals surface area (Å²) >= 11 is 25.7. The Balaban J connectivity index is 2.94. The summed E-state index contributed by atoms with van der Waals surface area (Å²) in [5.41, 5.74) is 1.40. The summed E-state index contributed by atoms with van der Waals surface area (Å²) < 4.78 is 0. The van der Waals surface area contributed by atoms with E-state index in [1.54, 1.807) is 0 Å². The molecule has 1 aliphatic carbocycles. The lowest BCUT2D eigenvalue weighted by Crippen LogP contribution is -2.49. The predicted molar refractivity (Wildman–Crippen MR) is 77.1 cm³/mol. The second-order valence-corrected chi connectivity index (χ2v) is 7.51. The van der Waals surface area contributed by atoms with Gasteiger partial charge in [0, 0.05) is 26.5 Å². The standard InChI is InChI=1S/C10H13Br2Cl3/c1-9(2-3-13)5-10(15,6-11)7(12)4-8(9)14/h2-3,7-8H,4-6H2,1H3/b3-2+/t7-,8+,9-,10-/m1/s1. The van der Waals surface area contributed by atoms with Gasteiger partial charge >= 0.3 is 0 Å². The molecule has 0 amide bonds. The van der Waals surface area contributed by atoms with Gasteiger partial charge in [-0.1, -0.05) is 56.5 Å². The van der Waals surface area contributed by atoms with Crippen molar-refractivity contribution >= 4 is 66.7 Å². The monoisotopic (exact) mass is 396 g/mol. The van der Waals surface area contributed by atoms with Crippen molar-refractivity contribution in [2.45, 2.75) is 34.8 Å². The molecular weight excluding hydrogens is 386 g/mol. The predicted octanol–water partition coefficient (Wildman–Crippen LogP) is 5.28. The van der Waals surface area contributed by atoms with Gasteiger partial charge in [-0.3, -0.25) is 0 Å². The van der Waals surface area contributed by atoms with E-state index in [0.717, 1.165) is 18.2 Å². The summed E-state index contributed by atoms with van der Waals surface area (Å²) in [5.74, 6) is 0. The largest absolute Gasteiger partial charge is 0.122 e. The van der Waals surface area contributed by atoms with Crippen LogP contribution >= 0.6 is 66.7 Å². The Kier molecular flexibility index (Phi) is 5.34. The van der Waals surface area contributed by atoms with E-state index in [-0.39, 0.29) is 20.5 Å². The number of rotatable bonds is 2. The quantitative estimate of drug-likeness (QED) is 0.554. The van der Waals surface area contributed by atoms with E-state index in [1.165, 1.54) is 5.54 Å². The molecule has 1 aliphatic rings. The van der Waals surface area contributed by atoms with Crippen LogP contribution in [-0.2, 0) is 0 Å². The molecule has 1 saturated carbocycles. The Bertz CT molecular complexity index is 259. The fourth-order valence-electron chi connectivity index (χ4n) is 1.96. The lowest BCUT2D eigenvalue weighted by atomic mass is 9.70. The Morgan fingerprint density at radius 1 is 1.53 bits per heavy atom. The third-order valence-corrected chi connectivity index (χ3v) is 7.20. The molecule has 0 saturated heterocycles. The smallest absolute Gasteiger partial charge is 0.0676 e. The highest BCUT2D eigenvalue weighted by molar-refractivity contribution is 9.10. The summed E-state index contributed by atoms with van der Waals surface area (Å²) in [6.07, 6.45) is 3.60. The van der Waals surface area contributed by atoms with Crippen molar-refractivity contribution in [2.24, 2.45) is 5.41 Å². The molecule has 1 fully saturated rings. The molecule has 0 heterocycles. The SMILES string of the molecule is C[C@@]1(/C=C/Cl)C[C@@](Cl)(CBr)[C@H](Br)C[C@@H]1Cl. The Morgan fingerprint density at radius 2 is 2.13 bits per heavy atom. The van der Waals surface area contributed by atoms with Crippen molar-refractivity contribution in [2.75, 3.05) is 5.33 Å². The molecule has 1 rings (SSSR count). The zero-order chi connectivity index (χ0) is 11.7. The number of allylic oxidation sites excluding steroid dienone is 1. The third kappa shape index (κ3) is 3.07. The summed E-state index contributed by atoms with van der Waals surface area (Å²) in [5, 5.41) is 0.801. The van der Waals surface area contributed by atoms with E-state index < -0.39 is 0 Å². The van der Waals surface area contributed by atoms with Crippen molar-refractivity contribution in [3.8, 4) is 0 Å². The van der Waals surface area contributed by atoms with Gasteiger partial charge in [0.1, 0.15) is 0 Å². The Labute approximate surface area is 123 Å². The van der Waals surface area contributed by atoms with Gasteiger partial charge in [-0.05, 0) is 12.8 Å². The lowest BCUT2D eigenvalue weighted by molar-refractivity contribution is 0.261. The van der Waals surface area contributed by atoms with Gasteiger partial charge in [-0.25, -0.2) is 0 Å². The molecular formula is C10H13Br2Cl3. The molecule has 0 aromatic rings. The van der Waals surface area contributed by atoms with E-state index in [9.17, 15) is 0 Å². The van der Waals surface area contributed by atoms with Crippen molar-refractivity contribution in [1.82, 2.24) is 0 Å². The second-order valence-electron chi connectivity index (χ2n) is 4.31. The van der Waals surface area contributed by atoms with Gasteiger partial charge < -0.3 is 0 Å².